The van der Waals surface area contributed by atoms with Gasteiger partial charge in [0.25, 0.3) is 0 Å². The summed E-state index contributed by atoms with van der Waals surface area (Å²) in [4.78, 5) is 30.4. The lowest BCUT2D eigenvalue weighted by molar-refractivity contribution is -0.151. The average molecular weight is 415 g/mol. The smallest absolute Gasteiger partial charge is 0.310 e. The second kappa shape index (κ2) is 9.33. The predicted molar refractivity (Wildman–Crippen MR) is 112 cm³/mol. The lowest BCUT2D eigenvalue weighted by Crippen LogP contribution is -2.37. The van der Waals surface area contributed by atoms with Gasteiger partial charge in [-0.2, -0.15) is 0 Å². The van der Waals surface area contributed by atoms with E-state index in [0.29, 0.717) is 0 Å². The van der Waals surface area contributed by atoms with Crippen LogP contribution in [0.25, 0.3) is 10.4 Å². The van der Waals surface area contributed by atoms with E-state index in [1.807, 2.05) is 43.6 Å². The fraction of sp³-hybridized carbons (Fsp3) is 0.409. The minimum atomic E-state index is -0.677. The summed E-state index contributed by atoms with van der Waals surface area (Å²) >= 11 is 1.60. The first-order chi connectivity index (χ1) is 13.9. The number of aromatic nitrogens is 1. The molecule has 154 valence electrons. The maximum absolute atomic E-state index is 12.8. The molecule has 1 heterocycles. The van der Waals surface area contributed by atoms with Crippen molar-refractivity contribution in [3.8, 4) is 10.4 Å². The zero-order chi connectivity index (χ0) is 21.0. The van der Waals surface area contributed by atoms with Gasteiger partial charge in [0.05, 0.1) is 40.1 Å². The van der Waals surface area contributed by atoms with Crippen molar-refractivity contribution in [1.29, 1.82) is 0 Å². The van der Waals surface area contributed by atoms with Gasteiger partial charge in [-0.3, -0.25) is 9.59 Å². The van der Waals surface area contributed by atoms with Crippen LogP contribution in [-0.2, 0) is 14.3 Å². The summed E-state index contributed by atoms with van der Waals surface area (Å²) in [6.45, 7) is 7.50. The van der Waals surface area contributed by atoms with Crippen LogP contribution in [-0.4, -0.2) is 34.7 Å². The van der Waals surface area contributed by atoms with E-state index in [-0.39, 0.29) is 31.4 Å². The van der Waals surface area contributed by atoms with Crippen molar-refractivity contribution in [2.75, 3.05) is 6.61 Å². The van der Waals surface area contributed by atoms with Gasteiger partial charge in [-0.1, -0.05) is 36.9 Å². The number of nitrogens with zero attached hydrogens (tertiary/aromatic N) is 1. The number of benzene rings is 1. The van der Waals surface area contributed by atoms with Gasteiger partial charge in [0.15, 0.2) is 0 Å². The molecule has 3 rings (SSSR count). The molecule has 1 fully saturated rings. The van der Waals surface area contributed by atoms with E-state index in [2.05, 4.69) is 16.9 Å². The number of hydrogen-bond acceptors (Lipinski definition) is 6. The number of carbonyl (C=O) groups is 2. The lowest BCUT2D eigenvalue weighted by atomic mass is 9.94. The Kier molecular flexibility index (Phi) is 6.82. The van der Waals surface area contributed by atoms with Crippen molar-refractivity contribution in [3.63, 3.8) is 0 Å². The molecule has 2 N–H and O–H groups in total. The number of amides is 1. The number of hydrogen-bond donors (Lipinski definition) is 2. The molecule has 0 bridgehead atoms. The lowest BCUT2D eigenvalue weighted by Gasteiger charge is -2.21. The van der Waals surface area contributed by atoms with Gasteiger partial charge in [-0.25, -0.2) is 4.98 Å². The van der Waals surface area contributed by atoms with Crippen LogP contribution in [0, 0.1) is 18.8 Å². The van der Waals surface area contributed by atoms with Crippen LogP contribution in [0.4, 0.5) is 0 Å². The first-order valence-corrected chi connectivity index (χ1v) is 10.5. The fourth-order valence-corrected chi connectivity index (χ4v) is 4.53. The zero-order valence-electron chi connectivity index (χ0n) is 16.6. The van der Waals surface area contributed by atoms with E-state index in [0.717, 1.165) is 21.7 Å². The number of carbonyl (C=O) groups excluding carboxylic acids is 2. The van der Waals surface area contributed by atoms with Crippen LogP contribution in [0.15, 0.2) is 42.4 Å². The Hall–Kier alpha value is -2.51. The van der Waals surface area contributed by atoms with E-state index in [1.165, 1.54) is 6.08 Å². The highest BCUT2D eigenvalue weighted by atomic mass is 32.1. The summed E-state index contributed by atoms with van der Waals surface area (Å²) in [5, 5.41) is 13.0. The first-order valence-electron chi connectivity index (χ1n) is 9.67. The van der Waals surface area contributed by atoms with Gasteiger partial charge in [0.2, 0.25) is 5.91 Å². The Balaban J connectivity index is 1.65. The summed E-state index contributed by atoms with van der Waals surface area (Å²) in [5.74, 6) is -1.92. The maximum Gasteiger partial charge on any atom is 0.310 e. The summed E-state index contributed by atoms with van der Waals surface area (Å²) in [5.41, 5.74) is 4.89. The van der Waals surface area contributed by atoms with Gasteiger partial charge >= 0.3 is 5.97 Å². The van der Waals surface area contributed by atoms with E-state index in [1.54, 1.807) is 11.3 Å². The molecule has 0 spiro atoms. The summed E-state index contributed by atoms with van der Waals surface area (Å²) in [6.07, 6.45) is 1.31. The molecular weight excluding hydrogens is 388 g/mol. The van der Waals surface area contributed by atoms with E-state index in [9.17, 15) is 14.7 Å². The molecule has 0 saturated heterocycles. The number of thiazole rings is 1. The number of aliphatic hydroxyl groups is 1. The second-order valence-electron chi connectivity index (χ2n) is 7.38. The molecule has 2 unspecified atom stereocenters. The highest BCUT2D eigenvalue weighted by Crippen LogP contribution is 2.34. The monoisotopic (exact) mass is 414 g/mol. The highest BCUT2D eigenvalue weighted by molar-refractivity contribution is 7.13. The van der Waals surface area contributed by atoms with Crippen molar-refractivity contribution in [3.05, 3.63) is 53.7 Å². The molecule has 29 heavy (non-hydrogen) atoms. The summed E-state index contributed by atoms with van der Waals surface area (Å²) in [6, 6.07) is 7.79. The summed E-state index contributed by atoms with van der Waals surface area (Å²) < 4.78 is 5.10. The molecular formula is C22H26N2O4S. The van der Waals surface area contributed by atoms with Gasteiger partial charge < -0.3 is 15.2 Å². The Labute approximate surface area is 174 Å². The van der Waals surface area contributed by atoms with Crippen LogP contribution >= 0.6 is 11.3 Å². The fourth-order valence-electron chi connectivity index (χ4n) is 3.72. The number of aryl methyl sites for hydroxylation is 1. The van der Waals surface area contributed by atoms with Gasteiger partial charge in [0, 0.05) is 0 Å². The number of aliphatic hydroxyl groups excluding tert-OH is 1. The number of ether oxygens (including phenoxy) is 1. The third-order valence-electron chi connectivity index (χ3n) is 5.30. The van der Waals surface area contributed by atoms with Crippen molar-refractivity contribution < 1.29 is 19.4 Å². The molecule has 4 atom stereocenters. The maximum atomic E-state index is 12.8. The topological polar surface area (TPSA) is 88.5 Å². The minimum absolute atomic E-state index is 0.0990. The first kappa shape index (κ1) is 21.2. The molecule has 1 aliphatic carbocycles. The molecule has 2 aromatic rings. The number of esters is 1. The van der Waals surface area contributed by atoms with Crippen LogP contribution in [0.3, 0.4) is 0 Å². The molecule has 1 aromatic heterocycles. The Morgan fingerprint density at radius 1 is 1.34 bits per heavy atom. The second-order valence-corrected chi connectivity index (χ2v) is 8.23. The molecule has 0 radical (unpaired) electrons. The molecule has 1 aromatic carbocycles. The van der Waals surface area contributed by atoms with Crippen molar-refractivity contribution in [2.24, 2.45) is 11.8 Å². The third-order valence-corrected chi connectivity index (χ3v) is 6.28. The van der Waals surface area contributed by atoms with Crippen LogP contribution in [0.2, 0.25) is 0 Å². The Morgan fingerprint density at radius 3 is 2.66 bits per heavy atom. The largest absolute Gasteiger partial charge is 0.461 e. The van der Waals surface area contributed by atoms with Crippen molar-refractivity contribution in [1.82, 2.24) is 10.3 Å². The number of nitrogens with one attached hydrogen (secondary N) is 1. The standard InChI is InChI=1S/C22H26N2O4S/c1-4-9-28-22(27)19-11-17(25)10-18(19)21(26)24-13(2)15-5-7-16(8-6-15)20-14(3)23-12-29-20/h4-8,12-13,17-19,25H,1,9-11H2,2-3H3,(H,24,26)/t13-,17+,18?,19?/m0/s1. The average Bonchev–Trinajstić information content (AvgIpc) is 3.31. The predicted octanol–water partition coefficient (Wildman–Crippen LogP) is 3.41. The van der Waals surface area contributed by atoms with Crippen LogP contribution < -0.4 is 5.32 Å². The third kappa shape index (κ3) is 4.92. The molecule has 0 aliphatic heterocycles. The molecule has 1 amide bonds. The van der Waals surface area contributed by atoms with Crippen molar-refractivity contribution >= 4 is 23.2 Å². The van der Waals surface area contributed by atoms with Gasteiger partial charge in [-0.15, -0.1) is 11.3 Å². The Morgan fingerprint density at radius 2 is 2.03 bits per heavy atom. The molecule has 6 nitrogen and oxygen atoms in total. The molecule has 1 saturated carbocycles. The van der Waals surface area contributed by atoms with Crippen LogP contribution in [0.5, 0.6) is 0 Å². The SMILES string of the molecule is C=CCOC(=O)C1C[C@H](O)CC1C(=O)N[C@@H](C)c1ccc(-c2scnc2C)cc1. The van der Waals surface area contributed by atoms with E-state index >= 15 is 0 Å². The van der Waals surface area contributed by atoms with E-state index in [4.69, 9.17) is 4.74 Å². The van der Waals surface area contributed by atoms with Crippen LogP contribution in [0.1, 0.15) is 37.1 Å². The van der Waals surface area contributed by atoms with Gasteiger partial charge in [-0.05, 0) is 37.8 Å². The highest BCUT2D eigenvalue weighted by Gasteiger charge is 2.43. The molecule has 7 heteroatoms. The molecule has 1 aliphatic rings. The minimum Gasteiger partial charge on any atom is -0.461 e. The summed E-state index contributed by atoms with van der Waals surface area (Å²) in [7, 11) is 0. The normalized spacial score (nSPS) is 22.1. The van der Waals surface area contributed by atoms with Crippen molar-refractivity contribution in [2.45, 2.75) is 38.8 Å². The van der Waals surface area contributed by atoms with Gasteiger partial charge in [0.1, 0.15) is 6.61 Å². The Bertz CT molecular complexity index is 877. The van der Waals surface area contributed by atoms with E-state index < -0.39 is 23.9 Å². The quantitative estimate of drug-likeness (QED) is 0.535. The number of rotatable bonds is 7. The zero-order valence-corrected chi connectivity index (χ0v) is 17.4.